The molecule has 0 amide bonds. The first kappa shape index (κ1) is 11.0. The Morgan fingerprint density at radius 3 is 2.64 bits per heavy atom. The van der Waals surface area contributed by atoms with E-state index in [0.717, 1.165) is 6.42 Å². The van der Waals surface area contributed by atoms with Gasteiger partial charge in [0.25, 0.3) is 0 Å². The molecule has 0 aliphatic heterocycles. The second kappa shape index (κ2) is 5.64. The predicted octanol–water partition coefficient (Wildman–Crippen LogP) is 4.37. The van der Waals surface area contributed by atoms with Crippen molar-refractivity contribution < 1.29 is 0 Å². The molecule has 0 fully saturated rings. The van der Waals surface area contributed by atoms with Crippen molar-refractivity contribution in [2.45, 2.75) is 40.0 Å². The summed E-state index contributed by atoms with van der Waals surface area (Å²) in [5, 5.41) is 0. The largest absolute Gasteiger partial charge is 0.0839 e. The maximum absolute atomic E-state index is 2.27. The molecule has 0 radical (unpaired) electrons. The number of hydrogen-bond acceptors (Lipinski definition) is 0. The molecule has 0 bridgehead atoms. The molecule has 0 nitrogen and oxygen atoms in total. The molecular formula is C14H20. The molecule has 0 aliphatic rings. The van der Waals surface area contributed by atoms with E-state index in [9.17, 15) is 0 Å². The summed E-state index contributed by atoms with van der Waals surface area (Å²) in [5.41, 5.74) is 4.18. The Balaban J connectivity index is 2.87. The summed E-state index contributed by atoms with van der Waals surface area (Å²) >= 11 is 0. The average Bonchev–Trinajstić information content (AvgIpc) is 2.19. The van der Waals surface area contributed by atoms with E-state index in [-0.39, 0.29) is 0 Å². The first-order valence-corrected chi connectivity index (χ1v) is 5.54. The van der Waals surface area contributed by atoms with E-state index in [2.05, 4.69) is 51.1 Å². The molecule has 0 saturated heterocycles. The van der Waals surface area contributed by atoms with Crippen LogP contribution in [0.2, 0.25) is 0 Å². The smallest absolute Gasteiger partial charge is 0.0225 e. The fourth-order valence-electron chi connectivity index (χ4n) is 1.57. The lowest BCUT2D eigenvalue weighted by Crippen LogP contribution is -1.87. The van der Waals surface area contributed by atoms with Gasteiger partial charge in [0.2, 0.25) is 0 Å². The van der Waals surface area contributed by atoms with Gasteiger partial charge in [-0.25, -0.2) is 0 Å². The molecule has 14 heavy (non-hydrogen) atoms. The Morgan fingerprint density at radius 2 is 2.00 bits per heavy atom. The van der Waals surface area contributed by atoms with Gasteiger partial charge in [-0.15, -0.1) is 0 Å². The number of benzene rings is 1. The minimum Gasteiger partial charge on any atom is -0.0839 e. The number of rotatable bonds is 4. The highest BCUT2D eigenvalue weighted by Crippen LogP contribution is 2.14. The fraction of sp³-hybridized carbons (Fsp3) is 0.429. The zero-order chi connectivity index (χ0) is 10.4. The molecule has 1 aromatic rings. The molecule has 0 aliphatic carbocycles. The van der Waals surface area contributed by atoms with Gasteiger partial charge in [-0.1, -0.05) is 56.2 Å². The van der Waals surface area contributed by atoms with Gasteiger partial charge in [-0.05, 0) is 30.9 Å². The van der Waals surface area contributed by atoms with Crippen LogP contribution in [0, 0.1) is 6.92 Å². The zero-order valence-corrected chi connectivity index (χ0v) is 9.51. The highest BCUT2D eigenvalue weighted by atomic mass is 14.0. The van der Waals surface area contributed by atoms with Crippen LogP contribution in [0.15, 0.2) is 24.3 Å². The van der Waals surface area contributed by atoms with Crippen LogP contribution in [0.4, 0.5) is 0 Å². The molecule has 0 spiro atoms. The normalized spacial score (nSPS) is 11.1. The lowest BCUT2D eigenvalue weighted by molar-refractivity contribution is 0.962. The molecule has 0 saturated carbocycles. The molecule has 0 unspecified atom stereocenters. The standard InChI is InChI=1S/C14H20/c1-4-6-7-8-14-11-12(3)9-10-13(14)5-2/h7-11H,4-6H2,1-3H3/b8-7-. The van der Waals surface area contributed by atoms with Crippen LogP contribution < -0.4 is 0 Å². The van der Waals surface area contributed by atoms with Gasteiger partial charge < -0.3 is 0 Å². The summed E-state index contributed by atoms with van der Waals surface area (Å²) in [6.45, 7) is 6.57. The number of aryl methyl sites for hydroxylation is 2. The maximum atomic E-state index is 2.27. The van der Waals surface area contributed by atoms with Crippen LogP contribution in [0.5, 0.6) is 0 Å². The first-order chi connectivity index (χ1) is 6.77. The van der Waals surface area contributed by atoms with Crippen LogP contribution in [0.1, 0.15) is 43.4 Å². The molecule has 0 N–H and O–H groups in total. The molecular weight excluding hydrogens is 168 g/mol. The second-order valence-electron chi connectivity index (χ2n) is 3.75. The number of unbranched alkanes of at least 4 members (excludes halogenated alkanes) is 1. The fourth-order valence-corrected chi connectivity index (χ4v) is 1.57. The molecule has 0 atom stereocenters. The van der Waals surface area contributed by atoms with Gasteiger partial charge in [0.05, 0.1) is 0 Å². The Morgan fingerprint density at radius 1 is 1.21 bits per heavy atom. The summed E-state index contributed by atoms with van der Waals surface area (Å²) in [7, 11) is 0. The van der Waals surface area contributed by atoms with Crippen LogP contribution in [-0.4, -0.2) is 0 Å². The van der Waals surface area contributed by atoms with E-state index in [1.54, 1.807) is 0 Å². The van der Waals surface area contributed by atoms with E-state index < -0.39 is 0 Å². The minimum atomic E-state index is 1.12. The summed E-state index contributed by atoms with van der Waals surface area (Å²) in [4.78, 5) is 0. The molecule has 0 heterocycles. The third kappa shape index (κ3) is 3.02. The van der Waals surface area contributed by atoms with Crippen molar-refractivity contribution in [3.8, 4) is 0 Å². The minimum absolute atomic E-state index is 1.12. The monoisotopic (exact) mass is 188 g/mol. The Kier molecular flexibility index (Phi) is 4.45. The van der Waals surface area contributed by atoms with Crippen molar-refractivity contribution in [3.05, 3.63) is 41.0 Å². The summed E-state index contributed by atoms with van der Waals surface area (Å²) < 4.78 is 0. The third-order valence-electron chi connectivity index (χ3n) is 2.44. The molecule has 1 aromatic carbocycles. The summed E-state index contributed by atoms with van der Waals surface area (Å²) in [6.07, 6.45) is 8.05. The molecule has 0 heteroatoms. The quantitative estimate of drug-likeness (QED) is 0.658. The molecule has 0 aromatic heterocycles. The van der Waals surface area contributed by atoms with Gasteiger partial charge >= 0.3 is 0 Å². The average molecular weight is 188 g/mol. The topological polar surface area (TPSA) is 0 Å². The number of hydrogen-bond donors (Lipinski definition) is 0. The van der Waals surface area contributed by atoms with Crippen LogP contribution in [0.3, 0.4) is 0 Å². The van der Waals surface area contributed by atoms with Gasteiger partial charge in [-0.2, -0.15) is 0 Å². The SMILES string of the molecule is CCC/C=C\c1cc(C)ccc1CC. The Bertz CT molecular complexity index is 308. The van der Waals surface area contributed by atoms with Crippen molar-refractivity contribution in [1.29, 1.82) is 0 Å². The second-order valence-corrected chi connectivity index (χ2v) is 3.75. The van der Waals surface area contributed by atoms with Gasteiger partial charge in [0.1, 0.15) is 0 Å². The van der Waals surface area contributed by atoms with Gasteiger partial charge in [-0.3, -0.25) is 0 Å². The molecule has 1 rings (SSSR count). The van der Waals surface area contributed by atoms with E-state index in [1.165, 1.54) is 29.5 Å². The Labute approximate surface area is 87.7 Å². The Hall–Kier alpha value is -1.04. The lowest BCUT2D eigenvalue weighted by Gasteiger charge is -2.04. The summed E-state index contributed by atoms with van der Waals surface area (Å²) in [6, 6.07) is 6.70. The predicted molar refractivity (Wildman–Crippen MR) is 64.5 cm³/mol. The van der Waals surface area contributed by atoms with Crippen LogP contribution >= 0.6 is 0 Å². The van der Waals surface area contributed by atoms with Crippen molar-refractivity contribution in [3.63, 3.8) is 0 Å². The van der Waals surface area contributed by atoms with Crippen LogP contribution in [0.25, 0.3) is 6.08 Å². The van der Waals surface area contributed by atoms with Crippen molar-refractivity contribution in [2.24, 2.45) is 0 Å². The summed E-state index contributed by atoms with van der Waals surface area (Å²) in [5.74, 6) is 0. The van der Waals surface area contributed by atoms with Crippen molar-refractivity contribution in [2.75, 3.05) is 0 Å². The maximum Gasteiger partial charge on any atom is -0.0225 e. The lowest BCUT2D eigenvalue weighted by atomic mass is 10.0. The van der Waals surface area contributed by atoms with E-state index in [1.807, 2.05) is 0 Å². The van der Waals surface area contributed by atoms with Crippen LogP contribution in [-0.2, 0) is 6.42 Å². The highest BCUT2D eigenvalue weighted by Gasteiger charge is 1.96. The van der Waals surface area contributed by atoms with Gasteiger partial charge in [0.15, 0.2) is 0 Å². The zero-order valence-electron chi connectivity index (χ0n) is 9.51. The van der Waals surface area contributed by atoms with E-state index >= 15 is 0 Å². The third-order valence-corrected chi connectivity index (χ3v) is 2.44. The van der Waals surface area contributed by atoms with E-state index in [4.69, 9.17) is 0 Å². The first-order valence-electron chi connectivity index (χ1n) is 5.54. The van der Waals surface area contributed by atoms with E-state index in [0.29, 0.717) is 0 Å². The van der Waals surface area contributed by atoms with Crippen molar-refractivity contribution >= 4 is 6.08 Å². The molecule has 76 valence electrons. The van der Waals surface area contributed by atoms with Gasteiger partial charge in [0, 0.05) is 0 Å². The highest BCUT2D eigenvalue weighted by molar-refractivity contribution is 5.55. The number of allylic oxidation sites excluding steroid dienone is 1. The van der Waals surface area contributed by atoms with Crippen molar-refractivity contribution in [1.82, 2.24) is 0 Å².